The highest BCUT2D eigenvalue weighted by atomic mass is 16.5. The molecule has 0 fully saturated rings. The zero-order valence-corrected chi connectivity index (χ0v) is 12.9. The number of carbonyl (C=O) groups is 2. The first-order chi connectivity index (χ1) is 10.6. The van der Waals surface area contributed by atoms with E-state index in [4.69, 9.17) is 10.5 Å². The lowest BCUT2D eigenvalue weighted by Gasteiger charge is -2.05. The van der Waals surface area contributed by atoms with Crippen LogP contribution in [0.25, 0.3) is 10.9 Å². The van der Waals surface area contributed by atoms with E-state index in [2.05, 4.69) is 10.6 Å². The Hall–Kier alpha value is -2.30. The summed E-state index contributed by atoms with van der Waals surface area (Å²) < 4.78 is 7.08. The van der Waals surface area contributed by atoms with Crippen molar-refractivity contribution < 1.29 is 14.3 Å². The number of nitrogens with zero attached hydrogens (tertiary/aromatic N) is 1. The summed E-state index contributed by atoms with van der Waals surface area (Å²) in [5.41, 5.74) is 7.41. The summed E-state index contributed by atoms with van der Waals surface area (Å²) in [6.07, 6.45) is 5.13. The van der Waals surface area contributed by atoms with Crippen molar-refractivity contribution in [1.29, 1.82) is 0 Å². The number of fused-ring (bicyclic) bond motifs is 1. The third kappa shape index (κ3) is 4.35. The van der Waals surface area contributed by atoms with Crippen molar-refractivity contribution in [3.8, 4) is 0 Å². The first-order valence-corrected chi connectivity index (χ1v) is 7.56. The molecule has 0 bridgehead atoms. The predicted molar refractivity (Wildman–Crippen MR) is 85.3 cm³/mol. The molecule has 0 saturated carbocycles. The van der Waals surface area contributed by atoms with Crippen molar-refractivity contribution in [2.45, 2.75) is 39.2 Å². The molecule has 0 unspecified atom stereocenters. The van der Waals surface area contributed by atoms with Crippen LogP contribution in [0.2, 0.25) is 0 Å². The molecular weight excluding hydrogens is 280 g/mol. The number of amides is 1. The predicted octanol–water partition coefficient (Wildman–Crippen LogP) is 2.40. The number of primary amides is 1. The number of aryl methyl sites for hydroxylation is 1. The summed E-state index contributed by atoms with van der Waals surface area (Å²) in [5, 5.41) is 1.08. The summed E-state index contributed by atoms with van der Waals surface area (Å²) in [4.78, 5) is 21.9. The van der Waals surface area contributed by atoms with Gasteiger partial charge in [-0.3, -0.25) is 9.59 Å². The normalized spacial score (nSPS) is 10.8. The van der Waals surface area contributed by atoms with E-state index in [1.807, 2.05) is 24.4 Å². The number of nitrogens with two attached hydrogens (primary N) is 1. The molecule has 1 aromatic heterocycles. The van der Waals surface area contributed by atoms with E-state index >= 15 is 0 Å². The third-order valence-corrected chi connectivity index (χ3v) is 3.58. The number of carbonyl (C=O) groups excluding carboxylic acids is 2. The van der Waals surface area contributed by atoms with Crippen LogP contribution < -0.4 is 5.73 Å². The van der Waals surface area contributed by atoms with Gasteiger partial charge in [0.1, 0.15) is 0 Å². The second-order valence-corrected chi connectivity index (χ2v) is 5.41. The van der Waals surface area contributed by atoms with E-state index in [1.54, 1.807) is 0 Å². The second-order valence-electron chi connectivity index (χ2n) is 5.41. The Morgan fingerprint density at radius 2 is 1.95 bits per heavy atom. The molecule has 0 atom stereocenters. The molecule has 0 aliphatic heterocycles. The topological polar surface area (TPSA) is 74.3 Å². The van der Waals surface area contributed by atoms with Gasteiger partial charge in [0, 0.05) is 30.6 Å². The molecule has 0 spiro atoms. The minimum atomic E-state index is -0.315. The largest absolute Gasteiger partial charge is 0.466 e. The van der Waals surface area contributed by atoms with Crippen molar-refractivity contribution in [3.05, 3.63) is 36.0 Å². The molecule has 118 valence electrons. The van der Waals surface area contributed by atoms with E-state index in [1.165, 1.54) is 6.92 Å². The molecule has 1 aromatic carbocycles. The Kier molecular flexibility index (Phi) is 5.58. The number of esters is 1. The minimum absolute atomic E-state index is 0.229. The Bertz CT molecular complexity index is 661. The summed E-state index contributed by atoms with van der Waals surface area (Å²) in [6, 6.07) is 8.04. The van der Waals surface area contributed by atoms with Gasteiger partial charge in [0.2, 0.25) is 5.91 Å². The van der Waals surface area contributed by atoms with Crippen LogP contribution >= 0.6 is 0 Å². The molecule has 22 heavy (non-hydrogen) atoms. The van der Waals surface area contributed by atoms with Crippen LogP contribution in [0.15, 0.2) is 30.5 Å². The van der Waals surface area contributed by atoms with E-state index in [0.29, 0.717) is 6.61 Å². The van der Waals surface area contributed by atoms with Gasteiger partial charge in [0.15, 0.2) is 0 Å². The van der Waals surface area contributed by atoms with Crippen molar-refractivity contribution in [3.63, 3.8) is 0 Å². The van der Waals surface area contributed by atoms with E-state index < -0.39 is 0 Å². The van der Waals surface area contributed by atoms with Crippen molar-refractivity contribution in [2.75, 3.05) is 6.61 Å². The molecule has 0 saturated heterocycles. The molecular formula is C17H22N2O3. The number of hydrogen-bond acceptors (Lipinski definition) is 3. The van der Waals surface area contributed by atoms with Crippen LogP contribution in [0.3, 0.4) is 0 Å². The summed E-state index contributed by atoms with van der Waals surface area (Å²) in [5.74, 6) is -0.545. The zero-order chi connectivity index (χ0) is 15.9. The highest BCUT2D eigenvalue weighted by molar-refractivity contribution is 5.88. The Morgan fingerprint density at radius 1 is 1.18 bits per heavy atom. The van der Waals surface area contributed by atoms with Gasteiger partial charge in [-0.2, -0.15) is 0 Å². The van der Waals surface area contributed by atoms with Crippen molar-refractivity contribution in [1.82, 2.24) is 4.57 Å². The molecule has 1 heterocycles. The molecule has 5 nitrogen and oxygen atoms in total. The fraction of sp³-hybridized carbons (Fsp3) is 0.412. The Morgan fingerprint density at radius 3 is 2.68 bits per heavy atom. The molecule has 2 aromatic rings. The maximum absolute atomic E-state index is 11.2. The van der Waals surface area contributed by atoms with Gasteiger partial charge < -0.3 is 15.0 Å². The number of unbranched alkanes of at least 4 members (excludes halogenated alkanes) is 2. The number of ether oxygens (including phenoxy) is 1. The number of rotatable bonds is 8. The SMILES string of the molecule is CC(=O)OCCCCCn1cc(CC(N)=O)c2ccccc21. The number of para-hydroxylation sites is 1. The third-order valence-electron chi connectivity index (χ3n) is 3.58. The van der Waals surface area contributed by atoms with E-state index in [0.717, 1.165) is 42.3 Å². The number of aromatic nitrogens is 1. The standard InChI is InChI=1S/C17H22N2O3/c1-13(20)22-10-6-2-5-9-19-12-14(11-17(18)21)15-7-3-4-8-16(15)19/h3-4,7-8,12H,2,5-6,9-11H2,1H3,(H2,18,21). The number of hydrogen-bond donors (Lipinski definition) is 1. The fourth-order valence-corrected chi connectivity index (χ4v) is 2.61. The van der Waals surface area contributed by atoms with Crippen LogP contribution in [0.1, 0.15) is 31.7 Å². The maximum Gasteiger partial charge on any atom is 0.302 e. The first-order valence-electron chi connectivity index (χ1n) is 7.56. The van der Waals surface area contributed by atoms with Gasteiger partial charge in [-0.25, -0.2) is 0 Å². The zero-order valence-electron chi connectivity index (χ0n) is 12.9. The number of benzene rings is 1. The van der Waals surface area contributed by atoms with Gasteiger partial charge in [-0.05, 0) is 30.9 Å². The molecule has 0 aliphatic carbocycles. The van der Waals surface area contributed by atoms with Crippen LogP contribution in [-0.2, 0) is 27.3 Å². The second kappa shape index (κ2) is 7.64. The Balaban J connectivity index is 1.96. The lowest BCUT2D eigenvalue weighted by molar-refractivity contribution is -0.141. The quantitative estimate of drug-likeness (QED) is 0.601. The van der Waals surface area contributed by atoms with Crippen LogP contribution in [0.4, 0.5) is 0 Å². The van der Waals surface area contributed by atoms with E-state index in [9.17, 15) is 9.59 Å². The smallest absolute Gasteiger partial charge is 0.302 e. The highest BCUT2D eigenvalue weighted by Gasteiger charge is 2.09. The molecule has 2 rings (SSSR count). The molecule has 1 amide bonds. The Labute approximate surface area is 130 Å². The van der Waals surface area contributed by atoms with Crippen LogP contribution in [0, 0.1) is 0 Å². The molecule has 0 aliphatic rings. The summed E-state index contributed by atoms with van der Waals surface area (Å²) >= 11 is 0. The first kappa shape index (κ1) is 16.1. The lowest BCUT2D eigenvalue weighted by atomic mass is 10.1. The van der Waals surface area contributed by atoms with Crippen LogP contribution in [0.5, 0.6) is 0 Å². The van der Waals surface area contributed by atoms with Crippen molar-refractivity contribution >= 4 is 22.8 Å². The summed E-state index contributed by atoms with van der Waals surface area (Å²) in [7, 11) is 0. The van der Waals surface area contributed by atoms with Gasteiger partial charge in [-0.1, -0.05) is 18.2 Å². The maximum atomic E-state index is 11.2. The average Bonchev–Trinajstić information content (AvgIpc) is 2.80. The molecule has 0 radical (unpaired) electrons. The summed E-state index contributed by atoms with van der Waals surface area (Å²) in [6.45, 7) is 2.78. The minimum Gasteiger partial charge on any atom is -0.466 e. The average molecular weight is 302 g/mol. The molecule has 2 N–H and O–H groups in total. The van der Waals surface area contributed by atoms with Gasteiger partial charge >= 0.3 is 5.97 Å². The van der Waals surface area contributed by atoms with Crippen molar-refractivity contribution in [2.24, 2.45) is 5.73 Å². The van der Waals surface area contributed by atoms with Gasteiger partial charge in [0.25, 0.3) is 0 Å². The van der Waals surface area contributed by atoms with Gasteiger partial charge in [-0.15, -0.1) is 0 Å². The fourth-order valence-electron chi connectivity index (χ4n) is 2.61. The highest BCUT2D eigenvalue weighted by Crippen LogP contribution is 2.22. The van der Waals surface area contributed by atoms with Gasteiger partial charge in [0.05, 0.1) is 13.0 Å². The molecule has 5 heteroatoms. The monoisotopic (exact) mass is 302 g/mol. The van der Waals surface area contributed by atoms with E-state index in [-0.39, 0.29) is 18.3 Å². The van der Waals surface area contributed by atoms with Crippen LogP contribution in [-0.4, -0.2) is 23.1 Å². The lowest BCUT2D eigenvalue weighted by Crippen LogP contribution is -2.13.